The van der Waals surface area contributed by atoms with E-state index in [1.54, 1.807) is 12.1 Å². The lowest BCUT2D eigenvalue weighted by atomic mass is 9.78. The van der Waals surface area contributed by atoms with Crippen molar-refractivity contribution in [1.29, 1.82) is 0 Å². The number of ether oxygens (including phenoxy) is 1. The first-order valence-corrected chi connectivity index (χ1v) is 10.6. The quantitative estimate of drug-likeness (QED) is 0.810. The molecule has 1 amide bonds. The molecule has 1 unspecified atom stereocenters. The SMILES string of the molecule is O=C(NCC1CN(Cc2ccccc2)CCO1)C1(c2ccc(F)cc2)CCCC1. The molecular weight excluding hydrogens is 367 g/mol. The summed E-state index contributed by atoms with van der Waals surface area (Å²) < 4.78 is 19.3. The first-order chi connectivity index (χ1) is 14.2. The Morgan fingerprint density at radius 2 is 1.83 bits per heavy atom. The number of benzene rings is 2. The van der Waals surface area contributed by atoms with Gasteiger partial charge in [0.1, 0.15) is 5.82 Å². The van der Waals surface area contributed by atoms with Gasteiger partial charge in [-0.3, -0.25) is 9.69 Å². The molecule has 5 heteroatoms. The maximum Gasteiger partial charge on any atom is 0.230 e. The van der Waals surface area contributed by atoms with Crippen molar-refractivity contribution < 1.29 is 13.9 Å². The summed E-state index contributed by atoms with van der Waals surface area (Å²) in [5.74, 6) is -0.221. The average molecular weight is 397 g/mol. The lowest BCUT2D eigenvalue weighted by molar-refractivity contribution is -0.127. The van der Waals surface area contributed by atoms with Crippen molar-refractivity contribution in [2.24, 2.45) is 0 Å². The Morgan fingerprint density at radius 3 is 2.55 bits per heavy atom. The summed E-state index contributed by atoms with van der Waals surface area (Å²) in [7, 11) is 0. The number of nitrogens with zero attached hydrogens (tertiary/aromatic N) is 1. The number of halogens is 1. The molecule has 0 spiro atoms. The number of rotatable bonds is 6. The fourth-order valence-electron chi connectivity index (χ4n) is 4.66. The third-order valence-electron chi connectivity index (χ3n) is 6.25. The van der Waals surface area contributed by atoms with Crippen LogP contribution in [0.5, 0.6) is 0 Å². The summed E-state index contributed by atoms with van der Waals surface area (Å²) >= 11 is 0. The van der Waals surface area contributed by atoms with Crippen LogP contribution in [-0.2, 0) is 21.5 Å². The van der Waals surface area contributed by atoms with Gasteiger partial charge in [0.2, 0.25) is 5.91 Å². The molecule has 1 saturated carbocycles. The van der Waals surface area contributed by atoms with Crippen molar-refractivity contribution in [3.63, 3.8) is 0 Å². The fourth-order valence-corrected chi connectivity index (χ4v) is 4.66. The Hall–Kier alpha value is -2.24. The Bertz CT molecular complexity index is 803. The monoisotopic (exact) mass is 396 g/mol. The van der Waals surface area contributed by atoms with Gasteiger partial charge in [0.25, 0.3) is 0 Å². The minimum atomic E-state index is -0.536. The second-order valence-corrected chi connectivity index (χ2v) is 8.22. The highest BCUT2D eigenvalue weighted by molar-refractivity contribution is 5.88. The van der Waals surface area contributed by atoms with Gasteiger partial charge in [-0.1, -0.05) is 55.3 Å². The third-order valence-corrected chi connectivity index (χ3v) is 6.25. The number of hydrogen-bond acceptors (Lipinski definition) is 3. The molecule has 2 aromatic carbocycles. The topological polar surface area (TPSA) is 41.6 Å². The lowest BCUT2D eigenvalue weighted by Crippen LogP contribution is -2.50. The summed E-state index contributed by atoms with van der Waals surface area (Å²) in [6.07, 6.45) is 3.67. The van der Waals surface area contributed by atoms with Crippen LogP contribution in [0, 0.1) is 5.82 Å². The van der Waals surface area contributed by atoms with E-state index in [9.17, 15) is 9.18 Å². The van der Waals surface area contributed by atoms with E-state index in [1.165, 1.54) is 17.7 Å². The predicted molar refractivity (Wildman–Crippen MR) is 111 cm³/mol. The highest BCUT2D eigenvalue weighted by Crippen LogP contribution is 2.41. The van der Waals surface area contributed by atoms with Crippen LogP contribution in [-0.4, -0.2) is 43.2 Å². The molecule has 2 fully saturated rings. The van der Waals surface area contributed by atoms with E-state index in [0.29, 0.717) is 13.2 Å². The first-order valence-electron chi connectivity index (χ1n) is 10.6. The van der Waals surface area contributed by atoms with E-state index in [2.05, 4.69) is 34.5 Å². The maximum absolute atomic E-state index is 13.4. The largest absolute Gasteiger partial charge is 0.374 e. The second kappa shape index (κ2) is 9.06. The number of carbonyl (C=O) groups excluding carboxylic acids is 1. The highest BCUT2D eigenvalue weighted by Gasteiger charge is 2.42. The predicted octanol–water partition coefficient (Wildman–Crippen LogP) is 3.65. The van der Waals surface area contributed by atoms with E-state index in [4.69, 9.17) is 4.74 Å². The zero-order valence-electron chi connectivity index (χ0n) is 16.8. The summed E-state index contributed by atoms with van der Waals surface area (Å²) in [6.45, 7) is 3.79. The van der Waals surface area contributed by atoms with Crippen LogP contribution in [0.3, 0.4) is 0 Å². The molecule has 154 valence electrons. The summed E-state index contributed by atoms with van der Waals surface area (Å²) in [5, 5.41) is 3.15. The molecule has 1 atom stereocenters. The molecule has 4 nitrogen and oxygen atoms in total. The van der Waals surface area contributed by atoms with Gasteiger partial charge in [0.15, 0.2) is 0 Å². The Kier molecular flexibility index (Phi) is 6.26. The Labute approximate surface area is 172 Å². The molecule has 0 aromatic heterocycles. The number of hydrogen-bond donors (Lipinski definition) is 1. The molecule has 4 rings (SSSR count). The number of morpholine rings is 1. The van der Waals surface area contributed by atoms with Crippen molar-refractivity contribution in [3.05, 3.63) is 71.5 Å². The smallest absolute Gasteiger partial charge is 0.230 e. The Morgan fingerprint density at radius 1 is 1.10 bits per heavy atom. The zero-order valence-corrected chi connectivity index (χ0v) is 16.8. The molecule has 1 N–H and O–H groups in total. The summed E-state index contributed by atoms with van der Waals surface area (Å²) in [6, 6.07) is 16.9. The molecule has 2 aromatic rings. The van der Waals surface area contributed by atoms with Crippen LogP contribution in [0.25, 0.3) is 0 Å². The van der Waals surface area contributed by atoms with E-state index < -0.39 is 5.41 Å². The van der Waals surface area contributed by atoms with Gasteiger partial charge in [0, 0.05) is 26.2 Å². The van der Waals surface area contributed by atoms with Gasteiger partial charge in [-0.15, -0.1) is 0 Å². The normalized spacial score (nSPS) is 21.8. The number of amides is 1. The average Bonchev–Trinajstić information content (AvgIpc) is 3.25. The van der Waals surface area contributed by atoms with Crippen molar-refractivity contribution in [1.82, 2.24) is 10.2 Å². The minimum Gasteiger partial charge on any atom is -0.374 e. The van der Waals surface area contributed by atoms with E-state index >= 15 is 0 Å². The second-order valence-electron chi connectivity index (χ2n) is 8.22. The van der Waals surface area contributed by atoms with Crippen molar-refractivity contribution >= 4 is 5.91 Å². The van der Waals surface area contributed by atoms with E-state index in [1.807, 2.05) is 6.07 Å². The molecular formula is C24H29FN2O2. The van der Waals surface area contributed by atoms with Crippen LogP contribution >= 0.6 is 0 Å². The van der Waals surface area contributed by atoms with Crippen LogP contribution in [0.1, 0.15) is 36.8 Å². The molecule has 1 aliphatic heterocycles. The molecule has 2 aliphatic rings. The summed E-state index contributed by atoms with van der Waals surface area (Å²) in [5.41, 5.74) is 1.68. The molecule has 1 saturated heterocycles. The highest BCUT2D eigenvalue weighted by atomic mass is 19.1. The van der Waals surface area contributed by atoms with Gasteiger partial charge in [0.05, 0.1) is 18.1 Å². The van der Waals surface area contributed by atoms with Crippen molar-refractivity contribution in [3.8, 4) is 0 Å². The van der Waals surface area contributed by atoms with E-state index in [-0.39, 0.29) is 17.8 Å². The fraction of sp³-hybridized carbons (Fsp3) is 0.458. The van der Waals surface area contributed by atoms with Crippen molar-refractivity contribution in [2.75, 3.05) is 26.2 Å². The minimum absolute atomic E-state index is 0.0110. The molecule has 1 heterocycles. The van der Waals surface area contributed by atoms with Crippen LogP contribution in [0.2, 0.25) is 0 Å². The van der Waals surface area contributed by atoms with Gasteiger partial charge in [-0.25, -0.2) is 4.39 Å². The Balaban J connectivity index is 1.36. The lowest BCUT2D eigenvalue weighted by Gasteiger charge is -2.34. The molecule has 0 radical (unpaired) electrons. The van der Waals surface area contributed by atoms with Crippen LogP contribution in [0.15, 0.2) is 54.6 Å². The first kappa shape index (κ1) is 20.0. The summed E-state index contributed by atoms with van der Waals surface area (Å²) in [4.78, 5) is 15.6. The zero-order chi connectivity index (χ0) is 20.1. The molecule has 0 bridgehead atoms. The van der Waals surface area contributed by atoms with Crippen molar-refractivity contribution in [2.45, 2.75) is 43.7 Å². The standard InChI is InChI=1S/C24H29FN2O2/c25-21-10-8-20(9-11-21)24(12-4-5-13-24)23(28)26-16-22-18-27(14-15-29-22)17-19-6-2-1-3-7-19/h1-3,6-11,22H,4-5,12-18H2,(H,26,28). The van der Waals surface area contributed by atoms with Gasteiger partial charge in [-0.2, -0.15) is 0 Å². The van der Waals surface area contributed by atoms with Gasteiger partial charge >= 0.3 is 0 Å². The third kappa shape index (κ3) is 4.68. The van der Waals surface area contributed by atoms with E-state index in [0.717, 1.165) is 50.9 Å². The molecule has 29 heavy (non-hydrogen) atoms. The number of carbonyl (C=O) groups is 1. The van der Waals surface area contributed by atoms with Crippen LogP contribution < -0.4 is 5.32 Å². The maximum atomic E-state index is 13.4. The molecule has 1 aliphatic carbocycles. The van der Waals surface area contributed by atoms with Crippen LogP contribution in [0.4, 0.5) is 4.39 Å². The number of nitrogens with one attached hydrogen (secondary N) is 1. The van der Waals surface area contributed by atoms with Gasteiger partial charge in [-0.05, 0) is 36.1 Å². The van der Waals surface area contributed by atoms with Gasteiger partial charge < -0.3 is 10.1 Å².